The van der Waals surface area contributed by atoms with Gasteiger partial charge in [0, 0.05) is 18.8 Å². The Morgan fingerprint density at radius 1 is 1.12 bits per heavy atom. The largest absolute Gasteiger partial charge is 0.310 e. The number of rotatable bonds is 7. The fourth-order valence-corrected chi connectivity index (χ4v) is 2.94. The van der Waals surface area contributed by atoms with E-state index in [1.54, 1.807) is 17.0 Å². The summed E-state index contributed by atoms with van der Waals surface area (Å²) in [7, 11) is 1.85. The molecule has 0 aliphatic heterocycles. The van der Waals surface area contributed by atoms with Crippen LogP contribution in [-0.4, -0.2) is 30.9 Å². The molecule has 0 aliphatic carbocycles. The molecule has 0 heterocycles. The predicted molar refractivity (Wildman–Crippen MR) is 101 cm³/mol. The van der Waals surface area contributed by atoms with Gasteiger partial charge in [0.05, 0.1) is 19.0 Å². The van der Waals surface area contributed by atoms with Crippen molar-refractivity contribution < 1.29 is 9.18 Å². The van der Waals surface area contributed by atoms with E-state index in [0.29, 0.717) is 13.1 Å². The van der Waals surface area contributed by atoms with Gasteiger partial charge in [0.2, 0.25) is 5.91 Å². The van der Waals surface area contributed by atoms with Gasteiger partial charge in [0.1, 0.15) is 5.82 Å². The number of halogens is 1. The minimum absolute atomic E-state index is 0.0603. The van der Waals surface area contributed by atoms with E-state index in [0.717, 1.165) is 22.4 Å². The average Bonchev–Trinajstić information content (AvgIpc) is 2.56. The van der Waals surface area contributed by atoms with Gasteiger partial charge in [0.15, 0.2) is 0 Å². The molecule has 4 nitrogen and oxygen atoms in total. The van der Waals surface area contributed by atoms with Crippen molar-refractivity contribution in [3.05, 3.63) is 65.0 Å². The average molecular weight is 353 g/mol. The van der Waals surface area contributed by atoms with Gasteiger partial charge in [-0.1, -0.05) is 18.2 Å². The Kier molecular flexibility index (Phi) is 6.88. The molecular formula is C21H24FN3O. The monoisotopic (exact) mass is 353 g/mol. The molecule has 2 rings (SSSR count). The van der Waals surface area contributed by atoms with Crippen molar-refractivity contribution in [2.45, 2.75) is 26.8 Å². The highest BCUT2D eigenvalue weighted by Crippen LogP contribution is 2.20. The summed E-state index contributed by atoms with van der Waals surface area (Å²) >= 11 is 0. The second-order valence-corrected chi connectivity index (χ2v) is 6.60. The lowest BCUT2D eigenvalue weighted by Crippen LogP contribution is -2.39. The maximum atomic E-state index is 13.0. The number of hydrogen-bond donors (Lipinski definition) is 0. The van der Waals surface area contributed by atoms with E-state index in [9.17, 15) is 9.18 Å². The van der Waals surface area contributed by atoms with Gasteiger partial charge in [-0.3, -0.25) is 9.69 Å². The molecule has 0 bridgehead atoms. The summed E-state index contributed by atoms with van der Waals surface area (Å²) in [4.78, 5) is 16.4. The molecule has 0 atom stereocenters. The lowest BCUT2D eigenvalue weighted by atomic mass is 10.1. The first-order valence-corrected chi connectivity index (χ1v) is 8.57. The first-order chi connectivity index (χ1) is 12.4. The molecule has 5 heteroatoms. The summed E-state index contributed by atoms with van der Waals surface area (Å²) < 4.78 is 13.0. The second-order valence-electron chi connectivity index (χ2n) is 6.60. The van der Waals surface area contributed by atoms with Crippen LogP contribution >= 0.6 is 0 Å². The van der Waals surface area contributed by atoms with Crippen LogP contribution in [0.2, 0.25) is 0 Å². The highest BCUT2D eigenvalue weighted by Gasteiger charge is 2.18. The normalized spacial score (nSPS) is 10.6. The lowest BCUT2D eigenvalue weighted by Gasteiger charge is -2.25. The van der Waals surface area contributed by atoms with Crippen molar-refractivity contribution in [2.24, 2.45) is 0 Å². The summed E-state index contributed by atoms with van der Waals surface area (Å²) in [5.41, 5.74) is 3.92. The van der Waals surface area contributed by atoms with E-state index >= 15 is 0 Å². The summed E-state index contributed by atoms with van der Waals surface area (Å²) in [5.74, 6) is -0.333. The smallest absolute Gasteiger partial charge is 0.241 e. The van der Waals surface area contributed by atoms with Crippen molar-refractivity contribution >= 4 is 11.6 Å². The Bertz CT molecular complexity index is 776. The number of nitrogens with zero attached hydrogens (tertiary/aromatic N) is 3. The zero-order chi connectivity index (χ0) is 19.1. The van der Waals surface area contributed by atoms with Gasteiger partial charge in [0.25, 0.3) is 0 Å². The van der Waals surface area contributed by atoms with Crippen LogP contribution in [-0.2, 0) is 11.3 Å². The van der Waals surface area contributed by atoms with Gasteiger partial charge >= 0.3 is 0 Å². The fraction of sp³-hybridized carbons (Fsp3) is 0.333. The van der Waals surface area contributed by atoms with Crippen LogP contribution in [0.4, 0.5) is 10.1 Å². The van der Waals surface area contributed by atoms with Gasteiger partial charge in [-0.05, 0) is 61.9 Å². The predicted octanol–water partition coefficient (Wildman–Crippen LogP) is 3.82. The van der Waals surface area contributed by atoms with Crippen LogP contribution in [0.15, 0.2) is 42.5 Å². The van der Waals surface area contributed by atoms with Crippen molar-refractivity contribution in [2.75, 3.05) is 25.0 Å². The molecule has 2 aromatic rings. The topological polar surface area (TPSA) is 47.3 Å². The number of anilines is 1. The minimum Gasteiger partial charge on any atom is -0.310 e. The number of amides is 1. The molecule has 136 valence electrons. The summed E-state index contributed by atoms with van der Waals surface area (Å²) in [6, 6.07) is 14.3. The van der Waals surface area contributed by atoms with Crippen LogP contribution < -0.4 is 4.90 Å². The molecule has 1 amide bonds. The molecule has 0 N–H and O–H groups in total. The molecule has 26 heavy (non-hydrogen) atoms. The molecule has 0 fully saturated rings. The Balaban J connectivity index is 2.10. The maximum absolute atomic E-state index is 13.0. The molecule has 0 saturated carbocycles. The summed E-state index contributed by atoms with van der Waals surface area (Å²) in [6.45, 7) is 5.11. The van der Waals surface area contributed by atoms with E-state index in [1.807, 2.05) is 37.9 Å². The molecule has 0 radical (unpaired) electrons. The highest BCUT2D eigenvalue weighted by molar-refractivity contribution is 5.95. The van der Waals surface area contributed by atoms with E-state index in [2.05, 4.69) is 12.1 Å². The minimum atomic E-state index is -0.273. The Morgan fingerprint density at radius 2 is 1.73 bits per heavy atom. The first-order valence-electron chi connectivity index (χ1n) is 8.57. The van der Waals surface area contributed by atoms with Gasteiger partial charge in [-0.2, -0.15) is 5.26 Å². The first kappa shape index (κ1) is 19.6. The number of likely N-dealkylation sites (N-methyl/N-ethyl adjacent to an activating group) is 1. The van der Waals surface area contributed by atoms with Crippen molar-refractivity contribution in [3.8, 4) is 6.07 Å². The third-order valence-electron chi connectivity index (χ3n) is 4.04. The van der Waals surface area contributed by atoms with Gasteiger partial charge in [-0.25, -0.2) is 4.39 Å². The summed E-state index contributed by atoms with van der Waals surface area (Å²) in [5, 5.41) is 8.92. The Hall–Kier alpha value is -2.71. The third-order valence-corrected chi connectivity index (χ3v) is 4.04. The number of aryl methyl sites for hydroxylation is 2. The quantitative estimate of drug-likeness (QED) is 0.760. The van der Waals surface area contributed by atoms with E-state index in [1.165, 1.54) is 12.1 Å². The molecule has 0 aliphatic rings. The zero-order valence-corrected chi connectivity index (χ0v) is 15.5. The Morgan fingerprint density at radius 3 is 2.31 bits per heavy atom. The van der Waals surface area contributed by atoms with Crippen LogP contribution in [0.3, 0.4) is 0 Å². The highest BCUT2D eigenvalue weighted by atomic mass is 19.1. The maximum Gasteiger partial charge on any atom is 0.241 e. The van der Waals surface area contributed by atoms with Crippen molar-refractivity contribution in [1.29, 1.82) is 5.26 Å². The van der Waals surface area contributed by atoms with E-state index in [-0.39, 0.29) is 24.7 Å². The molecular weight excluding hydrogens is 329 g/mol. The number of benzene rings is 2. The van der Waals surface area contributed by atoms with Crippen LogP contribution in [0.5, 0.6) is 0 Å². The Labute approximate surface area is 154 Å². The molecule has 2 aromatic carbocycles. The van der Waals surface area contributed by atoms with Crippen molar-refractivity contribution in [3.63, 3.8) is 0 Å². The molecule has 0 saturated heterocycles. The number of carbonyl (C=O) groups is 1. The molecule has 0 aromatic heterocycles. The standard InChI is InChI=1S/C21H24FN3O/c1-16-11-17(2)13-20(12-16)25(10-4-9-23)21(26)15-24(3)14-18-5-7-19(22)8-6-18/h5-8,11-13H,4,10,14-15H2,1-3H3. The SMILES string of the molecule is Cc1cc(C)cc(N(CCC#N)C(=O)CN(C)Cc2ccc(F)cc2)c1. The van der Waals surface area contributed by atoms with E-state index in [4.69, 9.17) is 5.26 Å². The lowest BCUT2D eigenvalue weighted by molar-refractivity contribution is -0.119. The molecule has 0 unspecified atom stereocenters. The zero-order valence-electron chi connectivity index (χ0n) is 15.5. The van der Waals surface area contributed by atoms with E-state index < -0.39 is 0 Å². The van der Waals surface area contributed by atoms with Crippen molar-refractivity contribution in [1.82, 2.24) is 4.90 Å². The van der Waals surface area contributed by atoms with Gasteiger partial charge in [-0.15, -0.1) is 0 Å². The fourth-order valence-electron chi connectivity index (χ4n) is 2.94. The van der Waals surface area contributed by atoms with Crippen LogP contribution in [0, 0.1) is 31.0 Å². The third kappa shape index (κ3) is 5.68. The second kappa shape index (κ2) is 9.12. The number of carbonyl (C=O) groups excluding carboxylic acids is 1. The molecule has 0 spiro atoms. The number of nitriles is 1. The van der Waals surface area contributed by atoms with Gasteiger partial charge < -0.3 is 4.90 Å². The summed E-state index contributed by atoms with van der Waals surface area (Å²) in [6.07, 6.45) is 0.278. The number of hydrogen-bond acceptors (Lipinski definition) is 3. The van der Waals surface area contributed by atoms with Crippen LogP contribution in [0.1, 0.15) is 23.1 Å². The van der Waals surface area contributed by atoms with Crippen LogP contribution in [0.25, 0.3) is 0 Å².